The van der Waals surface area contributed by atoms with Crippen LogP contribution in [0, 0.1) is 11.3 Å². The number of likely N-dealkylation sites (N-methyl/N-ethyl adjacent to an activating group) is 1. The van der Waals surface area contributed by atoms with E-state index in [1.54, 1.807) is 25.3 Å². The molecule has 6 heteroatoms. The number of carbonyl (C=O) groups excluding carboxylic acids is 1. The summed E-state index contributed by atoms with van der Waals surface area (Å²) in [4.78, 5) is 17.2. The molecule has 152 valence electrons. The molecule has 0 spiro atoms. The van der Waals surface area contributed by atoms with E-state index in [0.717, 1.165) is 19.6 Å². The summed E-state index contributed by atoms with van der Waals surface area (Å²) in [7, 11) is 3.64. The quantitative estimate of drug-likeness (QED) is 0.676. The molecule has 1 saturated heterocycles. The highest BCUT2D eigenvalue weighted by Crippen LogP contribution is 2.28. The van der Waals surface area contributed by atoms with Crippen molar-refractivity contribution in [2.45, 2.75) is 18.9 Å². The lowest BCUT2D eigenvalue weighted by molar-refractivity contribution is -0.136. The molecule has 1 atom stereocenters. The van der Waals surface area contributed by atoms with E-state index in [4.69, 9.17) is 14.7 Å². The molecular weight excluding hydrogens is 366 g/mol. The van der Waals surface area contributed by atoms with Gasteiger partial charge in [0.25, 0.3) is 0 Å². The summed E-state index contributed by atoms with van der Waals surface area (Å²) >= 11 is 0. The van der Waals surface area contributed by atoms with Crippen LogP contribution in [0.2, 0.25) is 0 Å². The Labute approximate surface area is 172 Å². The Bertz CT molecular complexity index is 863. The van der Waals surface area contributed by atoms with Crippen molar-refractivity contribution < 1.29 is 14.3 Å². The third kappa shape index (κ3) is 5.27. The van der Waals surface area contributed by atoms with Gasteiger partial charge in [0, 0.05) is 32.1 Å². The number of benzene rings is 2. The van der Waals surface area contributed by atoms with Crippen LogP contribution in [0.5, 0.6) is 11.5 Å². The monoisotopic (exact) mass is 393 g/mol. The number of ether oxygens (including phenoxy) is 2. The zero-order valence-corrected chi connectivity index (χ0v) is 17.0. The second kappa shape index (κ2) is 9.94. The maximum absolute atomic E-state index is 12.9. The summed E-state index contributed by atoms with van der Waals surface area (Å²) in [6, 6.07) is 17.4. The number of hydrogen-bond donors (Lipinski definition) is 0. The molecule has 3 rings (SSSR count). The molecule has 1 amide bonds. The highest BCUT2D eigenvalue weighted by molar-refractivity contribution is 5.77. The maximum atomic E-state index is 12.9. The minimum absolute atomic E-state index is 0.0852. The van der Waals surface area contributed by atoms with Gasteiger partial charge in [-0.1, -0.05) is 30.3 Å². The molecule has 1 heterocycles. The number of amides is 1. The van der Waals surface area contributed by atoms with Crippen LogP contribution in [0.15, 0.2) is 48.5 Å². The van der Waals surface area contributed by atoms with Crippen LogP contribution in [-0.2, 0) is 4.79 Å². The van der Waals surface area contributed by atoms with Crippen molar-refractivity contribution in [3.63, 3.8) is 0 Å². The number of rotatable bonds is 7. The van der Waals surface area contributed by atoms with E-state index < -0.39 is 0 Å². The molecule has 1 unspecified atom stereocenters. The summed E-state index contributed by atoms with van der Waals surface area (Å²) in [6.07, 6.45) is 1.06. The lowest BCUT2D eigenvalue weighted by Gasteiger charge is -2.40. The fourth-order valence-corrected chi connectivity index (χ4v) is 3.58. The molecule has 1 fully saturated rings. The largest absolute Gasteiger partial charge is 0.493 e. The van der Waals surface area contributed by atoms with Crippen molar-refractivity contribution >= 4 is 5.91 Å². The molecule has 0 aliphatic carbocycles. The Morgan fingerprint density at radius 1 is 1.17 bits per heavy atom. The van der Waals surface area contributed by atoms with Crippen molar-refractivity contribution in [2.24, 2.45) is 0 Å². The van der Waals surface area contributed by atoms with Crippen molar-refractivity contribution in [3.05, 3.63) is 59.7 Å². The Morgan fingerprint density at radius 3 is 2.69 bits per heavy atom. The predicted octanol–water partition coefficient (Wildman–Crippen LogP) is 3.24. The lowest BCUT2D eigenvalue weighted by atomic mass is 10.0. The average Bonchev–Trinajstić information content (AvgIpc) is 2.77. The molecule has 0 bridgehead atoms. The van der Waals surface area contributed by atoms with Gasteiger partial charge in [-0.25, -0.2) is 0 Å². The number of nitriles is 1. The Balaban J connectivity index is 1.55. The van der Waals surface area contributed by atoms with Crippen molar-refractivity contribution in [3.8, 4) is 17.6 Å². The van der Waals surface area contributed by atoms with Gasteiger partial charge in [-0.2, -0.15) is 5.26 Å². The van der Waals surface area contributed by atoms with Gasteiger partial charge in [0.05, 0.1) is 31.4 Å². The van der Waals surface area contributed by atoms with E-state index in [1.165, 1.54) is 5.56 Å². The molecule has 0 N–H and O–H groups in total. The number of nitrogens with zero attached hydrogens (tertiary/aromatic N) is 3. The summed E-state index contributed by atoms with van der Waals surface area (Å²) in [5, 5.41) is 8.98. The smallest absolute Gasteiger partial charge is 0.223 e. The first-order valence-corrected chi connectivity index (χ1v) is 9.86. The van der Waals surface area contributed by atoms with E-state index in [0.29, 0.717) is 36.5 Å². The second-order valence-corrected chi connectivity index (χ2v) is 7.21. The van der Waals surface area contributed by atoms with Gasteiger partial charge in [-0.3, -0.25) is 4.79 Å². The average molecular weight is 393 g/mol. The van der Waals surface area contributed by atoms with E-state index in [2.05, 4.69) is 30.1 Å². The SMILES string of the molecule is COc1cc(C#N)ccc1OCCCC(=O)N1CCN(C)CC1c1ccccc1. The van der Waals surface area contributed by atoms with Gasteiger partial charge in [0.1, 0.15) is 0 Å². The minimum Gasteiger partial charge on any atom is -0.493 e. The standard InChI is InChI=1S/C23H27N3O3/c1-25-12-13-26(20(17-25)19-7-4-3-5-8-19)23(27)9-6-14-29-21-11-10-18(16-24)15-22(21)28-2/h3-5,7-8,10-11,15,20H,6,9,12-14,17H2,1-2H3. The molecule has 1 aliphatic rings. The van der Waals surface area contributed by atoms with Crippen LogP contribution in [0.1, 0.15) is 30.0 Å². The highest BCUT2D eigenvalue weighted by Gasteiger charge is 2.29. The van der Waals surface area contributed by atoms with Crippen LogP contribution in [0.3, 0.4) is 0 Å². The normalized spacial score (nSPS) is 16.9. The van der Waals surface area contributed by atoms with Crippen LogP contribution >= 0.6 is 0 Å². The van der Waals surface area contributed by atoms with Crippen LogP contribution in [0.4, 0.5) is 0 Å². The van der Waals surface area contributed by atoms with Crippen molar-refractivity contribution in [1.29, 1.82) is 5.26 Å². The van der Waals surface area contributed by atoms with Gasteiger partial charge in [0.2, 0.25) is 5.91 Å². The molecular formula is C23H27N3O3. The molecule has 0 aromatic heterocycles. The fourth-order valence-electron chi connectivity index (χ4n) is 3.58. The van der Waals surface area contributed by atoms with Crippen molar-refractivity contribution in [2.75, 3.05) is 40.4 Å². The van der Waals surface area contributed by atoms with E-state index in [-0.39, 0.29) is 11.9 Å². The summed E-state index contributed by atoms with van der Waals surface area (Å²) in [5.74, 6) is 1.27. The Hall–Kier alpha value is -3.04. The fraction of sp³-hybridized carbons (Fsp3) is 0.391. The molecule has 29 heavy (non-hydrogen) atoms. The molecule has 6 nitrogen and oxygen atoms in total. The van der Waals surface area contributed by atoms with Gasteiger partial charge in [-0.15, -0.1) is 0 Å². The Kier molecular flexibility index (Phi) is 7.09. The number of hydrogen-bond acceptors (Lipinski definition) is 5. The summed E-state index contributed by atoms with van der Waals surface area (Å²) in [5.41, 5.74) is 1.69. The molecule has 0 saturated carbocycles. The van der Waals surface area contributed by atoms with Gasteiger partial charge < -0.3 is 19.3 Å². The molecule has 1 aliphatic heterocycles. The summed E-state index contributed by atoms with van der Waals surface area (Å²) < 4.78 is 11.1. The van der Waals surface area contributed by atoms with Gasteiger partial charge in [0.15, 0.2) is 11.5 Å². The third-order valence-electron chi connectivity index (χ3n) is 5.17. The Morgan fingerprint density at radius 2 is 1.97 bits per heavy atom. The van der Waals surface area contributed by atoms with Crippen LogP contribution < -0.4 is 9.47 Å². The van der Waals surface area contributed by atoms with Gasteiger partial charge in [-0.05, 0) is 31.2 Å². The zero-order chi connectivity index (χ0) is 20.6. The second-order valence-electron chi connectivity index (χ2n) is 7.21. The van der Waals surface area contributed by atoms with E-state index >= 15 is 0 Å². The van der Waals surface area contributed by atoms with E-state index in [9.17, 15) is 4.79 Å². The first-order chi connectivity index (χ1) is 14.1. The van der Waals surface area contributed by atoms with Crippen LogP contribution in [0.25, 0.3) is 0 Å². The van der Waals surface area contributed by atoms with E-state index in [1.807, 2.05) is 23.1 Å². The first-order valence-electron chi connectivity index (χ1n) is 9.86. The highest BCUT2D eigenvalue weighted by atomic mass is 16.5. The lowest BCUT2D eigenvalue weighted by Crippen LogP contribution is -2.49. The first kappa shape index (κ1) is 20.7. The summed E-state index contributed by atoms with van der Waals surface area (Å²) in [6.45, 7) is 2.87. The molecule has 0 radical (unpaired) electrons. The van der Waals surface area contributed by atoms with Crippen LogP contribution in [-0.4, -0.2) is 56.1 Å². The number of carbonyl (C=O) groups is 1. The van der Waals surface area contributed by atoms with Crippen molar-refractivity contribution in [1.82, 2.24) is 9.80 Å². The zero-order valence-electron chi connectivity index (χ0n) is 17.0. The topological polar surface area (TPSA) is 65.8 Å². The number of piperazine rings is 1. The predicted molar refractivity (Wildman–Crippen MR) is 111 cm³/mol. The number of methoxy groups -OCH3 is 1. The maximum Gasteiger partial charge on any atom is 0.223 e. The molecule has 2 aromatic carbocycles. The minimum atomic E-state index is 0.0852. The van der Waals surface area contributed by atoms with Gasteiger partial charge >= 0.3 is 0 Å². The molecule has 2 aromatic rings. The third-order valence-corrected chi connectivity index (χ3v) is 5.17.